The zero-order valence-corrected chi connectivity index (χ0v) is 23.6. The number of likely N-dealkylation sites (tertiary alicyclic amines) is 1. The van der Waals surface area contributed by atoms with Crippen LogP contribution in [0.25, 0.3) is 10.1 Å². The van der Waals surface area contributed by atoms with Gasteiger partial charge in [0.25, 0.3) is 5.91 Å². The zero-order chi connectivity index (χ0) is 27.7. The number of piperidine rings is 1. The summed E-state index contributed by atoms with van der Waals surface area (Å²) in [6.07, 6.45) is 3.11. The van der Waals surface area contributed by atoms with Crippen LogP contribution in [0.3, 0.4) is 0 Å². The highest BCUT2D eigenvalue weighted by Crippen LogP contribution is 2.37. The van der Waals surface area contributed by atoms with Gasteiger partial charge in [-0.15, -0.1) is 11.3 Å². The maximum Gasteiger partial charge on any atom is 0.255 e. The molecule has 1 atom stereocenters. The van der Waals surface area contributed by atoms with Crippen molar-refractivity contribution in [3.8, 4) is 0 Å². The molecular weight excluding hydrogens is 521 g/mol. The van der Waals surface area contributed by atoms with Crippen LogP contribution in [0.5, 0.6) is 0 Å². The van der Waals surface area contributed by atoms with Crippen LogP contribution in [0.1, 0.15) is 59.3 Å². The number of rotatable bonds is 6. The normalized spacial score (nSPS) is 18.9. The zero-order valence-electron chi connectivity index (χ0n) is 22.7. The minimum atomic E-state index is -0.566. The molecule has 40 heavy (non-hydrogen) atoms. The maximum atomic E-state index is 14.1. The molecule has 1 N–H and O–H groups in total. The molecule has 0 bridgehead atoms. The van der Waals surface area contributed by atoms with Crippen molar-refractivity contribution >= 4 is 33.2 Å². The van der Waals surface area contributed by atoms with Gasteiger partial charge >= 0.3 is 0 Å². The van der Waals surface area contributed by atoms with E-state index in [1.807, 2.05) is 29.6 Å². The van der Waals surface area contributed by atoms with Crippen molar-refractivity contribution in [2.45, 2.75) is 44.2 Å². The second-order valence-corrected chi connectivity index (χ2v) is 11.9. The molecule has 1 unspecified atom stereocenters. The van der Waals surface area contributed by atoms with Crippen LogP contribution >= 0.6 is 11.3 Å². The van der Waals surface area contributed by atoms with E-state index >= 15 is 0 Å². The third-order valence-electron chi connectivity index (χ3n) is 8.61. The standard InChI is InChI=1S/C33H34FN3O2S/c1-23(38)35-33(25-8-6-9-26(34)21-25)15-19-36(20-16-33)17-14-30-27-10-3-2-7-24(27)13-18-37(30)32(39)29-22-40-31-12-5-4-11-28(29)31/h2-12,21-22,30H,13-20H2,1H3,(H,35,38). The van der Waals surface area contributed by atoms with Gasteiger partial charge in [0.05, 0.1) is 17.1 Å². The fourth-order valence-corrected chi connectivity index (χ4v) is 7.51. The number of nitrogens with one attached hydrogen (secondary N) is 1. The summed E-state index contributed by atoms with van der Waals surface area (Å²) in [6.45, 7) is 4.64. The largest absolute Gasteiger partial charge is 0.347 e. The molecule has 6 rings (SSSR count). The van der Waals surface area contributed by atoms with Gasteiger partial charge in [-0.3, -0.25) is 9.59 Å². The molecule has 2 aliphatic rings. The fraction of sp³-hybridized carbons (Fsp3) is 0.333. The van der Waals surface area contributed by atoms with Gasteiger partial charge in [-0.05, 0) is 60.6 Å². The number of nitrogens with zero attached hydrogens (tertiary/aromatic N) is 2. The van der Waals surface area contributed by atoms with Crippen molar-refractivity contribution in [1.29, 1.82) is 0 Å². The Morgan fingerprint density at radius 3 is 2.58 bits per heavy atom. The molecule has 1 fully saturated rings. The lowest BCUT2D eigenvalue weighted by atomic mass is 9.80. The summed E-state index contributed by atoms with van der Waals surface area (Å²) in [5, 5.41) is 6.17. The highest BCUT2D eigenvalue weighted by Gasteiger charge is 2.38. The van der Waals surface area contributed by atoms with Crippen LogP contribution in [0.4, 0.5) is 4.39 Å². The van der Waals surface area contributed by atoms with Crippen LogP contribution in [0.2, 0.25) is 0 Å². The lowest BCUT2D eigenvalue weighted by Crippen LogP contribution is -2.53. The predicted molar refractivity (Wildman–Crippen MR) is 158 cm³/mol. The minimum absolute atomic E-state index is 0.00126. The second kappa shape index (κ2) is 11.1. The molecular formula is C33H34FN3O2S. The molecule has 2 amide bonds. The molecule has 0 radical (unpaired) electrons. The van der Waals surface area contributed by atoms with Crippen molar-refractivity contribution in [2.75, 3.05) is 26.2 Å². The highest BCUT2D eigenvalue weighted by atomic mass is 32.1. The summed E-state index contributed by atoms with van der Waals surface area (Å²) < 4.78 is 15.2. The summed E-state index contributed by atoms with van der Waals surface area (Å²) >= 11 is 1.62. The summed E-state index contributed by atoms with van der Waals surface area (Å²) in [4.78, 5) is 30.6. The number of hydrogen-bond donors (Lipinski definition) is 1. The number of hydrogen-bond acceptors (Lipinski definition) is 4. The third kappa shape index (κ3) is 5.16. The smallest absolute Gasteiger partial charge is 0.255 e. The first-order valence-electron chi connectivity index (χ1n) is 14.1. The van der Waals surface area contributed by atoms with Gasteiger partial charge < -0.3 is 15.1 Å². The Hall–Kier alpha value is -3.55. The number of amides is 2. The molecule has 1 saturated heterocycles. The van der Waals surface area contributed by atoms with Crippen molar-refractivity contribution in [1.82, 2.24) is 15.1 Å². The number of halogens is 1. The van der Waals surface area contributed by atoms with Crippen molar-refractivity contribution < 1.29 is 14.0 Å². The molecule has 2 aliphatic heterocycles. The Kier molecular flexibility index (Phi) is 7.43. The summed E-state index contributed by atoms with van der Waals surface area (Å²) in [7, 11) is 0. The van der Waals surface area contributed by atoms with Gasteiger partial charge in [-0.1, -0.05) is 54.6 Å². The highest BCUT2D eigenvalue weighted by molar-refractivity contribution is 7.17. The first-order chi connectivity index (χ1) is 19.4. The van der Waals surface area contributed by atoms with E-state index in [0.29, 0.717) is 19.4 Å². The van der Waals surface area contributed by atoms with E-state index in [1.165, 1.54) is 24.1 Å². The monoisotopic (exact) mass is 555 g/mol. The van der Waals surface area contributed by atoms with E-state index in [9.17, 15) is 14.0 Å². The summed E-state index contributed by atoms with van der Waals surface area (Å²) in [5.74, 6) is -0.290. The number of carbonyl (C=O) groups excluding carboxylic acids is 2. The lowest BCUT2D eigenvalue weighted by Gasteiger charge is -2.44. The molecule has 4 aromatic rings. The SMILES string of the molecule is CC(=O)NC1(c2cccc(F)c2)CCN(CCC2c3ccccc3CCN2C(=O)c2csc3ccccc23)CC1. The molecule has 5 nitrogen and oxygen atoms in total. The van der Waals surface area contributed by atoms with Crippen LogP contribution in [-0.2, 0) is 16.8 Å². The topological polar surface area (TPSA) is 52.7 Å². The number of fused-ring (bicyclic) bond motifs is 2. The molecule has 7 heteroatoms. The summed E-state index contributed by atoms with van der Waals surface area (Å²) in [5.41, 5.74) is 3.61. The van der Waals surface area contributed by atoms with E-state index in [1.54, 1.807) is 23.5 Å². The van der Waals surface area contributed by atoms with E-state index in [0.717, 1.165) is 53.7 Å². The van der Waals surface area contributed by atoms with Crippen LogP contribution in [0.15, 0.2) is 78.2 Å². The Bertz CT molecular complexity index is 1540. The van der Waals surface area contributed by atoms with Gasteiger partial charge in [0.15, 0.2) is 0 Å². The molecule has 3 aromatic carbocycles. The predicted octanol–water partition coefficient (Wildman–Crippen LogP) is 6.30. The van der Waals surface area contributed by atoms with E-state index in [-0.39, 0.29) is 23.7 Å². The number of carbonyl (C=O) groups is 2. The Labute approximate surface area is 238 Å². The Morgan fingerprint density at radius 1 is 1.00 bits per heavy atom. The average Bonchev–Trinajstić information content (AvgIpc) is 3.40. The van der Waals surface area contributed by atoms with Crippen molar-refractivity contribution in [3.63, 3.8) is 0 Å². The first-order valence-corrected chi connectivity index (χ1v) is 14.9. The second-order valence-electron chi connectivity index (χ2n) is 11.0. The molecule has 0 saturated carbocycles. The number of thiophene rings is 1. The van der Waals surface area contributed by atoms with Crippen molar-refractivity contribution in [3.05, 3.63) is 106 Å². The van der Waals surface area contributed by atoms with E-state index in [2.05, 4.69) is 45.4 Å². The molecule has 206 valence electrons. The van der Waals surface area contributed by atoms with E-state index in [4.69, 9.17) is 0 Å². The fourth-order valence-electron chi connectivity index (χ4n) is 6.58. The van der Waals surface area contributed by atoms with Gasteiger partial charge in [-0.2, -0.15) is 0 Å². The Morgan fingerprint density at radius 2 is 1.77 bits per heavy atom. The van der Waals surface area contributed by atoms with Gasteiger partial charge in [0, 0.05) is 48.6 Å². The quantitative estimate of drug-likeness (QED) is 0.304. The van der Waals surface area contributed by atoms with Crippen LogP contribution in [-0.4, -0.2) is 47.8 Å². The van der Waals surface area contributed by atoms with Crippen LogP contribution < -0.4 is 5.32 Å². The average molecular weight is 556 g/mol. The number of benzene rings is 3. The third-order valence-corrected chi connectivity index (χ3v) is 9.57. The van der Waals surface area contributed by atoms with E-state index < -0.39 is 5.54 Å². The van der Waals surface area contributed by atoms with Gasteiger partial charge in [0.1, 0.15) is 5.82 Å². The lowest BCUT2D eigenvalue weighted by molar-refractivity contribution is -0.121. The minimum Gasteiger partial charge on any atom is -0.347 e. The first kappa shape index (κ1) is 26.7. The summed E-state index contributed by atoms with van der Waals surface area (Å²) in [6, 6.07) is 23.2. The van der Waals surface area contributed by atoms with Crippen molar-refractivity contribution in [2.24, 2.45) is 0 Å². The molecule has 1 aromatic heterocycles. The molecule has 0 spiro atoms. The molecule has 0 aliphatic carbocycles. The van der Waals surface area contributed by atoms with Crippen LogP contribution in [0, 0.1) is 5.82 Å². The Balaban J connectivity index is 1.20. The van der Waals surface area contributed by atoms with Gasteiger partial charge in [-0.25, -0.2) is 4.39 Å². The van der Waals surface area contributed by atoms with Gasteiger partial charge in [0.2, 0.25) is 5.91 Å². The molecule has 3 heterocycles. The maximum absolute atomic E-state index is 14.1.